The minimum absolute atomic E-state index is 0.129. The van der Waals surface area contributed by atoms with E-state index in [1.54, 1.807) is 0 Å². The first-order valence-corrected chi connectivity index (χ1v) is 10.2. The van der Waals surface area contributed by atoms with E-state index in [0.717, 1.165) is 51.8 Å². The fraction of sp³-hybridized carbons (Fsp3) is 0.810. The summed E-state index contributed by atoms with van der Waals surface area (Å²) < 4.78 is 5.75. The van der Waals surface area contributed by atoms with Gasteiger partial charge in [0.15, 0.2) is 0 Å². The summed E-state index contributed by atoms with van der Waals surface area (Å²) in [6.45, 7) is 18.7. The summed E-state index contributed by atoms with van der Waals surface area (Å²) in [7, 11) is 0. The summed E-state index contributed by atoms with van der Waals surface area (Å²) in [5.74, 6) is 1.37. The van der Waals surface area contributed by atoms with Crippen LogP contribution in [0.3, 0.4) is 0 Å². The van der Waals surface area contributed by atoms with Gasteiger partial charge in [-0.3, -0.25) is 0 Å². The summed E-state index contributed by atoms with van der Waals surface area (Å²) in [6, 6.07) is 2.11. The Morgan fingerprint density at radius 1 is 1.19 bits per heavy atom. The standard InChI is InChI=1S/C19H32N4O.C2H6/c1-18(2)11-15(5-7-20-12-18)16-6-8-21-17(22-16)23-9-10-24-14-19(3,4)13-23;1-2/h6,8,15,20H,5,7,9-14H2,1-4H3;1-2H3. The van der Waals surface area contributed by atoms with Gasteiger partial charge in [0.2, 0.25) is 5.95 Å². The topological polar surface area (TPSA) is 50.3 Å². The van der Waals surface area contributed by atoms with Crippen LogP contribution in [0.25, 0.3) is 0 Å². The normalized spacial score (nSPS) is 25.5. The molecule has 2 aliphatic rings. The second-order valence-electron chi connectivity index (χ2n) is 8.95. The summed E-state index contributed by atoms with van der Waals surface area (Å²) in [5, 5.41) is 3.56. The highest BCUT2D eigenvalue weighted by atomic mass is 16.5. The van der Waals surface area contributed by atoms with Crippen molar-refractivity contribution in [2.24, 2.45) is 10.8 Å². The zero-order valence-electron chi connectivity index (χ0n) is 17.6. The van der Waals surface area contributed by atoms with Crippen LogP contribution in [0.5, 0.6) is 0 Å². The van der Waals surface area contributed by atoms with E-state index in [1.807, 2.05) is 20.0 Å². The van der Waals surface area contributed by atoms with Crippen LogP contribution < -0.4 is 10.2 Å². The van der Waals surface area contributed by atoms with Gasteiger partial charge in [0, 0.05) is 42.9 Å². The highest BCUT2D eigenvalue weighted by Crippen LogP contribution is 2.35. The molecule has 0 bridgehead atoms. The lowest BCUT2D eigenvalue weighted by Gasteiger charge is -2.29. The fourth-order valence-electron chi connectivity index (χ4n) is 3.87. The van der Waals surface area contributed by atoms with E-state index in [9.17, 15) is 0 Å². The van der Waals surface area contributed by atoms with Crippen molar-refractivity contribution in [2.45, 2.75) is 60.3 Å². The van der Waals surface area contributed by atoms with E-state index in [1.165, 1.54) is 12.1 Å². The van der Waals surface area contributed by atoms with Gasteiger partial charge in [0.1, 0.15) is 0 Å². The van der Waals surface area contributed by atoms with Gasteiger partial charge in [-0.2, -0.15) is 0 Å². The number of rotatable bonds is 2. The molecular formula is C21H38N4O. The van der Waals surface area contributed by atoms with Crippen LogP contribution in [0.1, 0.15) is 66.0 Å². The zero-order valence-corrected chi connectivity index (χ0v) is 17.6. The molecule has 1 atom stereocenters. The summed E-state index contributed by atoms with van der Waals surface area (Å²) in [5.41, 5.74) is 1.63. The van der Waals surface area contributed by atoms with Crippen molar-refractivity contribution in [1.82, 2.24) is 15.3 Å². The molecule has 3 heterocycles. The van der Waals surface area contributed by atoms with Gasteiger partial charge in [0.25, 0.3) is 0 Å². The van der Waals surface area contributed by atoms with Crippen LogP contribution >= 0.6 is 0 Å². The van der Waals surface area contributed by atoms with Crippen molar-refractivity contribution in [1.29, 1.82) is 0 Å². The van der Waals surface area contributed by atoms with E-state index in [2.05, 4.69) is 49.0 Å². The SMILES string of the molecule is CC.CC1(C)CNCCC(c2ccnc(N3CCOCC(C)(C)C3)n2)C1. The maximum Gasteiger partial charge on any atom is 0.225 e. The molecule has 5 heteroatoms. The lowest BCUT2D eigenvalue weighted by Crippen LogP contribution is -2.36. The number of nitrogens with zero attached hydrogens (tertiary/aromatic N) is 3. The maximum atomic E-state index is 5.75. The Kier molecular flexibility index (Phi) is 7.42. The van der Waals surface area contributed by atoms with Gasteiger partial charge in [-0.05, 0) is 30.9 Å². The Morgan fingerprint density at radius 3 is 2.73 bits per heavy atom. The molecule has 1 aromatic heterocycles. The molecule has 1 unspecified atom stereocenters. The maximum absolute atomic E-state index is 5.75. The van der Waals surface area contributed by atoms with Crippen molar-refractivity contribution >= 4 is 5.95 Å². The van der Waals surface area contributed by atoms with Crippen LogP contribution in [0.2, 0.25) is 0 Å². The van der Waals surface area contributed by atoms with Gasteiger partial charge < -0.3 is 15.0 Å². The van der Waals surface area contributed by atoms with Crippen molar-refractivity contribution in [2.75, 3.05) is 44.3 Å². The van der Waals surface area contributed by atoms with E-state index in [4.69, 9.17) is 9.72 Å². The second-order valence-corrected chi connectivity index (χ2v) is 8.95. The van der Waals surface area contributed by atoms with Crippen molar-refractivity contribution in [3.8, 4) is 0 Å². The Labute approximate surface area is 159 Å². The molecule has 3 rings (SSSR count). The van der Waals surface area contributed by atoms with Crippen LogP contribution in [0.4, 0.5) is 5.95 Å². The number of hydrogen-bond acceptors (Lipinski definition) is 5. The molecule has 1 N–H and O–H groups in total. The largest absolute Gasteiger partial charge is 0.379 e. The van der Waals surface area contributed by atoms with Crippen molar-refractivity contribution in [3.05, 3.63) is 18.0 Å². The first-order valence-electron chi connectivity index (χ1n) is 10.2. The second kappa shape index (κ2) is 9.14. The zero-order chi connectivity index (χ0) is 19.2. The molecule has 0 saturated carbocycles. The average molecular weight is 363 g/mol. The summed E-state index contributed by atoms with van der Waals surface area (Å²) >= 11 is 0. The van der Waals surface area contributed by atoms with Crippen molar-refractivity contribution in [3.63, 3.8) is 0 Å². The smallest absolute Gasteiger partial charge is 0.225 e. The molecule has 26 heavy (non-hydrogen) atoms. The predicted octanol–water partition coefficient (Wildman–Crippen LogP) is 3.86. The van der Waals surface area contributed by atoms with E-state index in [0.29, 0.717) is 11.3 Å². The number of aromatic nitrogens is 2. The molecule has 0 aromatic carbocycles. The van der Waals surface area contributed by atoms with E-state index < -0.39 is 0 Å². The number of nitrogens with one attached hydrogen (secondary N) is 1. The summed E-state index contributed by atoms with van der Waals surface area (Å²) in [4.78, 5) is 11.8. The van der Waals surface area contributed by atoms with Crippen LogP contribution in [-0.4, -0.2) is 49.4 Å². The number of ether oxygens (including phenoxy) is 1. The first kappa shape index (κ1) is 21.1. The molecular weight excluding hydrogens is 324 g/mol. The van der Waals surface area contributed by atoms with Gasteiger partial charge in [-0.1, -0.05) is 41.5 Å². The minimum atomic E-state index is 0.129. The monoisotopic (exact) mass is 362 g/mol. The van der Waals surface area contributed by atoms with Crippen molar-refractivity contribution < 1.29 is 4.74 Å². The average Bonchev–Trinajstić information content (AvgIpc) is 2.91. The minimum Gasteiger partial charge on any atom is -0.379 e. The van der Waals surface area contributed by atoms with Gasteiger partial charge >= 0.3 is 0 Å². The molecule has 148 valence electrons. The first-order chi connectivity index (χ1) is 12.3. The third-order valence-electron chi connectivity index (χ3n) is 5.05. The highest BCUT2D eigenvalue weighted by molar-refractivity contribution is 5.32. The van der Waals surface area contributed by atoms with Crippen LogP contribution in [-0.2, 0) is 4.74 Å². The third kappa shape index (κ3) is 5.92. The third-order valence-corrected chi connectivity index (χ3v) is 5.05. The Bertz CT molecular complexity index is 513. The Hall–Kier alpha value is -1.20. The van der Waals surface area contributed by atoms with Gasteiger partial charge in [-0.15, -0.1) is 0 Å². The number of anilines is 1. The quantitative estimate of drug-likeness (QED) is 0.866. The van der Waals surface area contributed by atoms with Crippen LogP contribution in [0, 0.1) is 10.8 Å². The molecule has 5 nitrogen and oxygen atoms in total. The molecule has 0 spiro atoms. The summed E-state index contributed by atoms with van der Waals surface area (Å²) in [6.07, 6.45) is 4.25. The lowest BCUT2D eigenvalue weighted by atomic mass is 9.81. The van der Waals surface area contributed by atoms with E-state index in [-0.39, 0.29) is 5.41 Å². The molecule has 2 fully saturated rings. The number of hydrogen-bond donors (Lipinski definition) is 1. The fourth-order valence-corrected chi connectivity index (χ4v) is 3.87. The molecule has 0 aliphatic carbocycles. The van der Waals surface area contributed by atoms with Crippen LogP contribution in [0.15, 0.2) is 12.3 Å². The molecule has 2 saturated heterocycles. The van der Waals surface area contributed by atoms with Gasteiger partial charge in [0.05, 0.1) is 13.2 Å². The molecule has 2 aliphatic heterocycles. The highest BCUT2D eigenvalue weighted by Gasteiger charge is 2.30. The Balaban J connectivity index is 0.00000117. The predicted molar refractivity (Wildman–Crippen MR) is 109 cm³/mol. The Morgan fingerprint density at radius 2 is 1.96 bits per heavy atom. The van der Waals surface area contributed by atoms with E-state index >= 15 is 0 Å². The molecule has 0 amide bonds. The molecule has 1 aromatic rings. The molecule has 0 radical (unpaired) electrons. The lowest BCUT2D eigenvalue weighted by molar-refractivity contribution is 0.0893. The van der Waals surface area contributed by atoms with Gasteiger partial charge in [-0.25, -0.2) is 9.97 Å².